The molecule has 0 saturated carbocycles. The van der Waals surface area contributed by atoms with Gasteiger partial charge in [0.25, 0.3) is 0 Å². The second kappa shape index (κ2) is 7.40. The molecule has 6 nitrogen and oxygen atoms in total. The zero-order valence-electron chi connectivity index (χ0n) is 14.8. The number of hydrogen-bond donors (Lipinski definition) is 2. The number of fused-ring (bicyclic) bond motifs is 1. The second-order valence-electron chi connectivity index (χ2n) is 6.26. The zero-order chi connectivity index (χ0) is 19.7. The molecule has 27 heavy (non-hydrogen) atoms. The maximum Gasteiger partial charge on any atom is 0.337 e. The molecule has 0 radical (unpaired) electrons. The first-order chi connectivity index (χ1) is 12.7. The van der Waals surface area contributed by atoms with Crippen LogP contribution >= 0.6 is 11.3 Å². The van der Waals surface area contributed by atoms with Gasteiger partial charge >= 0.3 is 5.97 Å². The molecule has 0 fully saturated rings. The maximum absolute atomic E-state index is 12.5. The Labute approximate surface area is 161 Å². The van der Waals surface area contributed by atoms with Crippen molar-refractivity contribution in [2.45, 2.75) is 17.4 Å². The highest BCUT2D eigenvalue weighted by Crippen LogP contribution is 2.33. The van der Waals surface area contributed by atoms with E-state index in [1.54, 1.807) is 6.92 Å². The number of carbonyl (C=O) groups excluding carboxylic acids is 1. The Hall–Kier alpha value is -2.26. The highest BCUT2D eigenvalue weighted by atomic mass is 32.2. The molecule has 3 rings (SSSR count). The van der Waals surface area contributed by atoms with Crippen molar-refractivity contribution in [3.05, 3.63) is 65.0 Å². The largest absolute Gasteiger partial charge is 0.465 e. The molecule has 0 aliphatic carbocycles. The molecule has 3 aromatic rings. The Morgan fingerprint density at radius 1 is 1.19 bits per heavy atom. The Kier molecular flexibility index (Phi) is 5.34. The van der Waals surface area contributed by atoms with Crippen LogP contribution in [0, 0.1) is 0 Å². The smallest absolute Gasteiger partial charge is 0.337 e. The van der Waals surface area contributed by atoms with Gasteiger partial charge in [-0.3, -0.25) is 0 Å². The van der Waals surface area contributed by atoms with Crippen LogP contribution in [0.2, 0.25) is 0 Å². The number of carbonyl (C=O) groups is 1. The third-order valence-electron chi connectivity index (χ3n) is 4.15. The van der Waals surface area contributed by atoms with Crippen molar-refractivity contribution in [3.63, 3.8) is 0 Å². The molecule has 0 bridgehead atoms. The van der Waals surface area contributed by atoms with Gasteiger partial charge in [-0.2, -0.15) is 0 Å². The van der Waals surface area contributed by atoms with E-state index in [2.05, 4.69) is 9.46 Å². The normalized spacial score (nSPS) is 14.0. The number of esters is 1. The van der Waals surface area contributed by atoms with E-state index in [0.717, 1.165) is 10.1 Å². The first kappa shape index (κ1) is 19.5. The van der Waals surface area contributed by atoms with Crippen LogP contribution in [0.15, 0.2) is 59.5 Å². The highest BCUT2D eigenvalue weighted by Gasteiger charge is 2.28. The number of nitrogens with one attached hydrogen (secondary N) is 1. The summed E-state index contributed by atoms with van der Waals surface area (Å²) < 4.78 is 33.0. The molecule has 1 aromatic heterocycles. The van der Waals surface area contributed by atoms with Gasteiger partial charge in [-0.15, -0.1) is 11.3 Å². The van der Waals surface area contributed by atoms with Crippen LogP contribution in [-0.4, -0.2) is 33.1 Å². The van der Waals surface area contributed by atoms with Crippen LogP contribution < -0.4 is 4.72 Å². The quantitative estimate of drug-likeness (QED) is 0.615. The second-order valence-corrected chi connectivity index (χ2v) is 9.11. The van der Waals surface area contributed by atoms with Crippen molar-refractivity contribution >= 4 is 37.4 Å². The molecule has 8 heteroatoms. The van der Waals surface area contributed by atoms with Crippen LogP contribution in [0.3, 0.4) is 0 Å². The molecule has 1 unspecified atom stereocenters. The van der Waals surface area contributed by atoms with Crippen molar-refractivity contribution < 1.29 is 23.1 Å². The zero-order valence-corrected chi connectivity index (χ0v) is 16.4. The number of aliphatic hydroxyl groups is 1. The van der Waals surface area contributed by atoms with E-state index in [0.29, 0.717) is 4.88 Å². The molecule has 1 heterocycles. The minimum Gasteiger partial charge on any atom is -0.465 e. The Bertz CT molecular complexity index is 1040. The number of thiophene rings is 1. The summed E-state index contributed by atoms with van der Waals surface area (Å²) in [6.45, 7) is 1.39. The summed E-state index contributed by atoms with van der Waals surface area (Å²) in [5.41, 5.74) is -1.10. The fourth-order valence-electron chi connectivity index (χ4n) is 2.54. The molecular formula is C19H19NO5S2. The van der Waals surface area contributed by atoms with E-state index >= 15 is 0 Å². The van der Waals surface area contributed by atoms with E-state index in [9.17, 15) is 18.3 Å². The Morgan fingerprint density at radius 2 is 1.85 bits per heavy atom. The number of sulfonamides is 1. The van der Waals surface area contributed by atoms with E-state index < -0.39 is 21.6 Å². The fraction of sp³-hybridized carbons (Fsp3) is 0.211. The monoisotopic (exact) mass is 405 g/mol. The van der Waals surface area contributed by atoms with Crippen LogP contribution in [0.5, 0.6) is 0 Å². The van der Waals surface area contributed by atoms with Gasteiger partial charge in [0.2, 0.25) is 10.0 Å². The van der Waals surface area contributed by atoms with Gasteiger partial charge in [0.1, 0.15) is 5.60 Å². The van der Waals surface area contributed by atoms with Crippen LogP contribution in [-0.2, 0) is 20.4 Å². The van der Waals surface area contributed by atoms with Gasteiger partial charge < -0.3 is 9.84 Å². The molecule has 0 spiro atoms. The molecule has 0 saturated heterocycles. The minimum atomic E-state index is -3.84. The fourth-order valence-corrected chi connectivity index (χ4v) is 4.78. The van der Waals surface area contributed by atoms with Gasteiger partial charge in [0, 0.05) is 16.1 Å². The first-order valence-corrected chi connectivity index (χ1v) is 10.4. The summed E-state index contributed by atoms with van der Waals surface area (Å²) in [7, 11) is -2.58. The predicted octanol–water partition coefficient (Wildman–Crippen LogP) is 2.87. The van der Waals surface area contributed by atoms with Gasteiger partial charge in [0.15, 0.2) is 0 Å². The molecule has 0 aliphatic heterocycles. The number of methoxy groups -OCH3 is 1. The van der Waals surface area contributed by atoms with Crippen molar-refractivity contribution in [1.82, 2.24) is 4.72 Å². The van der Waals surface area contributed by atoms with Gasteiger partial charge in [-0.05, 0) is 48.7 Å². The van der Waals surface area contributed by atoms with Crippen molar-refractivity contribution in [3.8, 4) is 0 Å². The number of ether oxygens (including phenoxy) is 1. The molecule has 2 aromatic carbocycles. The standard InChI is InChI=1S/C19H19NO5S2/c1-19(22,17-11-14-5-3-4-6-16(14)26-17)12-20-27(23,24)15-9-7-13(8-10-15)18(21)25-2/h3-11,20,22H,12H2,1-2H3. The molecule has 142 valence electrons. The summed E-state index contributed by atoms with van der Waals surface area (Å²) in [6, 6.07) is 15.0. The van der Waals surface area contributed by atoms with Crippen LogP contribution in [0.25, 0.3) is 10.1 Å². The lowest BCUT2D eigenvalue weighted by Crippen LogP contribution is -2.38. The molecule has 0 aliphatic rings. The topological polar surface area (TPSA) is 92.7 Å². The maximum atomic E-state index is 12.5. The van der Waals surface area contributed by atoms with Gasteiger partial charge in [0.05, 0.1) is 17.6 Å². The molecule has 1 atom stereocenters. The summed E-state index contributed by atoms with van der Waals surface area (Å²) >= 11 is 1.42. The summed E-state index contributed by atoms with van der Waals surface area (Å²) in [4.78, 5) is 12.1. The van der Waals surface area contributed by atoms with Crippen LogP contribution in [0.1, 0.15) is 22.2 Å². The SMILES string of the molecule is COC(=O)c1ccc(S(=O)(=O)NCC(C)(O)c2cc3ccccc3s2)cc1. The average Bonchev–Trinajstić information content (AvgIpc) is 3.11. The third-order valence-corrected chi connectivity index (χ3v) is 6.93. The van der Waals surface area contributed by atoms with E-state index in [1.165, 1.54) is 42.7 Å². The minimum absolute atomic E-state index is 0.00212. The lowest BCUT2D eigenvalue weighted by atomic mass is 10.1. The number of rotatable bonds is 6. The van der Waals surface area contributed by atoms with Gasteiger partial charge in [-0.1, -0.05) is 18.2 Å². The van der Waals surface area contributed by atoms with Gasteiger partial charge in [-0.25, -0.2) is 17.9 Å². The van der Waals surface area contributed by atoms with E-state index in [4.69, 9.17) is 0 Å². The first-order valence-electron chi connectivity index (χ1n) is 8.12. The summed E-state index contributed by atoms with van der Waals surface area (Å²) in [5.74, 6) is -0.542. The summed E-state index contributed by atoms with van der Waals surface area (Å²) in [6.07, 6.45) is 0. The third kappa shape index (κ3) is 4.19. The lowest BCUT2D eigenvalue weighted by Gasteiger charge is -2.22. The van der Waals surface area contributed by atoms with Crippen molar-refractivity contribution in [1.29, 1.82) is 0 Å². The molecule has 0 amide bonds. The lowest BCUT2D eigenvalue weighted by molar-refractivity contribution is 0.0600. The van der Waals surface area contributed by atoms with Crippen LogP contribution in [0.4, 0.5) is 0 Å². The average molecular weight is 405 g/mol. The molecule has 2 N–H and O–H groups in total. The summed E-state index contributed by atoms with van der Waals surface area (Å²) in [5, 5.41) is 11.8. The number of hydrogen-bond acceptors (Lipinski definition) is 6. The Balaban J connectivity index is 1.76. The van der Waals surface area contributed by atoms with Crippen molar-refractivity contribution in [2.75, 3.05) is 13.7 Å². The highest BCUT2D eigenvalue weighted by molar-refractivity contribution is 7.89. The molecular weight excluding hydrogens is 386 g/mol. The van der Waals surface area contributed by atoms with Crippen molar-refractivity contribution in [2.24, 2.45) is 0 Å². The van der Waals surface area contributed by atoms with E-state index in [-0.39, 0.29) is 17.0 Å². The van der Waals surface area contributed by atoms with E-state index in [1.807, 2.05) is 30.3 Å². The number of benzene rings is 2. The predicted molar refractivity (Wildman–Crippen MR) is 104 cm³/mol. The Morgan fingerprint density at radius 3 is 2.48 bits per heavy atom.